The Kier molecular flexibility index (Phi) is 6.25. The largest absolute Gasteiger partial charge is 0.465 e. The number of carbonyl (C=O) groups is 2. The van der Waals surface area contributed by atoms with Gasteiger partial charge in [0.15, 0.2) is 0 Å². The molecule has 4 nitrogen and oxygen atoms in total. The van der Waals surface area contributed by atoms with Crippen LogP contribution in [0.5, 0.6) is 0 Å². The zero-order valence-corrected chi connectivity index (χ0v) is 14.8. The number of rotatable bonds is 6. The average molecular weight is 322 g/mol. The van der Waals surface area contributed by atoms with E-state index >= 15 is 0 Å². The van der Waals surface area contributed by atoms with Gasteiger partial charge in [0.1, 0.15) is 0 Å². The summed E-state index contributed by atoms with van der Waals surface area (Å²) in [5.41, 5.74) is 0. The molecule has 0 heterocycles. The van der Waals surface area contributed by atoms with Gasteiger partial charge in [0, 0.05) is 0 Å². The van der Waals surface area contributed by atoms with Crippen molar-refractivity contribution in [3.63, 3.8) is 0 Å². The highest BCUT2D eigenvalue weighted by atomic mass is 16.5. The molecular formula is C19H30O4. The summed E-state index contributed by atoms with van der Waals surface area (Å²) >= 11 is 0. The molecule has 0 aromatic heterocycles. The van der Waals surface area contributed by atoms with Gasteiger partial charge in [0.25, 0.3) is 0 Å². The fraction of sp³-hybridized carbons (Fsp3) is 0.789. The maximum absolute atomic E-state index is 12.6. The molecule has 0 aliphatic heterocycles. The first-order valence-electron chi connectivity index (χ1n) is 8.91. The Balaban J connectivity index is 2.15. The number of esters is 2. The van der Waals surface area contributed by atoms with Gasteiger partial charge in [-0.2, -0.15) is 0 Å². The summed E-state index contributed by atoms with van der Waals surface area (Å²) in [6.45, 7) is 8.87. The molecule has 23 heavy (non-hydrogen) atoms. The van der Waals surface area contributed by atoms with Gasteiger partial charge in [-0.25, -0.2) is 0 Å². The maximum Gasteiger partial charge on any atom is 0.310 e. The molecule has 2 bridgehead atoms. The highest BCUT2D eigenvalue weighted by molar-refractivity contribution is 5.83. The van der Waals surface area contributed by atoms with Gasteiger partial charge in [-0.15, -0.1) is 0 Å². The van der Waals surface area contributed by atoms with Gasteiger partial charge in [-0.3, -0.25) is 9.59 Å². The Morgan fingerprint density at radius 2 is 1.26 bits per heavy atom. The van der Waals surface area contributed by atoms with E-state index in [1.165, 1.54) is 0 Å². The molecule has 4 unspecified atom stereocenters. The number of hydrogen-bond acceptors (Lipinski definition) is 4. The fourth-order valence-electron chi connectivity index (χ4n) is 3.53. The van der Waals surface area contributed by atoms with Crippen LogP contribution in [0.25, 0.3) is 0 Å². The van der Waals surface area contributed by atoms with Crippen molar-refractivity contribution in [2.24, 2.45) is 35.5 Å². The van der Waals surface area contributed by atoms with Crippen LogP contribution in [-0.2, 0) is 19.1 Å². The molecule has 0 spiro atoms. The zero-order valence-electron chi connectivity index (χ0n) is 14.8. The van der Waals surface area contributed by atoms with Gasteiger partial charge in [0.05, 0.1) is 25.0 Å². The molecule has 0 amide bonds. The van der Waals surface area contributed by atoms with Crippen molar-refractivity contribution in [2.45, 2.75) is 47.0 Å². The molecular weight excluding hydrogens is 292 g/mol. The highest BCUT2D eigenvalue weighted by Gasteiger charge is 2.48. The number of allylic oxidation sites excluding steroid dienone is 2. The molecule has 0 aromatic rings. The first kappa shape index (κ1) is 18.0. The van der Waals surface area contributed by atoms with Crippen molar-refractivity contribution < 1.29 is 19.1 Å². The van der Waals surface area contributed by atoms with E-state index in [-0.39, 0.29) is 35.6 Å². The van der Waals surface area contributed by atoms with Crippen LogP contribution in [-0.4, -0.2) is 25.2 Å². The SMILES string of the molecule is CC(C)COC(=O)C1C2C=CC(CCC2)C1C(=O)OCC(C)C. The van der Waals surface area contributed by atoms with Crippen LogP contribution in [0.3, 0.4) is 0 Å². The quantitative estimate of drug-likeness (QED) is 0.554. The minimum Gasteiger partial charge on any atom is -0.465 e. The molecule has 3 aliphatic carbocycles. The summed E-state index contributed by atoms with van der Waals surface area (Å²) in [4.78, 5) is 25.3. The first-order valence-corrected chi connectivity index (χ1v) is 8.91. The van der Waals surface area contributed by atoms with Crippen molar-refractivity contribution in [1.29, 1.82) is 0 Å². The van der Waals surface area contributed by atoms with E-state index in [1.54, 1.807) is 0 Å². The number of ether oxygens (including phenoxy) is 2. The maximum atomic E-state index is 12.6. The van der Waals surface area contributed by atoms with Crippen molar-refractivity contribution >= 4 is 11.9 Å². The van der Waals surface area contributed by atoms with Gasteiger partial charge < -0.3 is 9.47 Å². The topological polar surface area (TPSA) is 52.6 Å². The molecule has 3 rings (SSSR count). The number of hydrogen-bond donors (Lipinski definition) is 0. The van der Waals surface area contributed by atoms with E-state index in [2.05, 4.69) is 12.2 Å². The lowest BCUT2D eigenvalue weighted by atomic mass is 9.71. The summed E-state index contributed by atoms with van der Waals surface area (Å²) in [5.74, 6) is -0.433. The smallest absolute Gasteiger partial charge is 0.310 e. The predicted octanol–water partition coefficient (Wildman–Crippen LogP) is 3.60. The molecule has 0 saturated heterocycles. The highest BCUT2D eigenvalue weighted by Crippen LogP contribution is 2.44. The minimum absolute atomic E-state index is 0.102. The van der Waals surface area contributed by atoms with E-state index in [4.69, 9.17) is 9.47 Å². The van der Waals surface area contributed by atoms with E-state index < -0.39 is 0 Å². The van der Waals surface area contributed by atoms with E-state index in [1.807, 2.05) is 27.7 Å². The molecule has 1 saturated carbocycles. The van der Waals surface area contributed by atoms with Gasteiger partial charge in [-0.05, 0) is 36.5 Å². The van der Waals surface area contributed by atoms with Crippen LogP contribution < -0.4 is 0 Å². The van der Waals surface area contributed by atoms with Crippen molar-refractivity contribution in [3.8, 4) is 0 Å². The summed E-state index contributed by atoms with van der Waals surface area (Å²) < 4.78 is 11.0. The van der Waals surface area contributed by atoms with Crippen LogP contribution in [0.2, 0.25) is 0 Å². The van der Waals surface area contributed by atoms with Gasteiger partial charge in [-0.1, -0.05) is 46.3 Å². The van der Waals surface area contributed by atoms with Crippen molar-refractivity contribution in [2.75, 3.05) is 13.2 Å². The van der Waals surface area contributed by atoms with E-state index in [0.29, 0.717) is 25.0 Å². The summed E-state index contributed by atoms with van der Waals surface area (Å²) in [6.07, 6.45) is 7.17. The second-order valence-corrected chi connectivity index (χ2v) is 7.74. The summed E-state index contributed by atoms with van der Waals surface area (Å²) in [7, 11) is 0. The lowest BCUT2D eigenvalue weighted by Crippen LogP contribution is -2.42. The summed E-state index contributed by atoms with van der Waals surface area (Å²) in [6, 6.07) is 0. The van der Waals surface area contributed by atoms with Gasteiger partial charge in [0.2, 0.25) is 0 Å². The average Bonchev–Trinajstić information content (AvgIpc) is 2.83. The van der Waals surface area contributed by atoms with Crippen LogP contribution in [0.15, 0.2) is 12.2 Å². The predicted molar refractivity (Wildman–Crippen MR) is 88.5 cm³/mol. The molecule has 0 aromatic carbocycles. The minimum atomic E-state index is -0.383. The second kappa shape index (κ2) is 7.98. The molecule has 4 atom stereocenters. The molecule has 3 aliphatic rings. The number of fused-ring (bicyclic) bond motifs is 3. The first-order chi connectivity index (χ1) is 10.9. The Hall–Kier alpha value is -1.32. The van der Waals surface area contributed by atoms with E-state index in [9.17, 15) is 9.59 Å². The molecule has 1 fully saturated rings. The molecule has 0 N–H and O–H groups in total. The summed E-state index contributed by atoms with van der Waals surface area (Å²) in [5, 5.41) is 0. The third kappa shape index (κ3) is 4.58. The van der Waals surface area contributed by atoms with Gasteiger partial charge >= 0.3 is 11.9 Å². The molecule has 4 heteroatoms. The zero-order chi connectivity index (χ0) is 17.0. The van der Waals surface area contributed by atoms with Crippen molar-refractivity contribution in [1.82, 2.24) is 0 Å². The third-order valence-corrected chi connectivity index (χ3v) is 4.65. The Morgan fingerprint density at radius 3 is 1.61 bits per heavy atom. The normalized spacial score (nSPS) is 29.7. The fourth-order valence-corrected chi connectivity index (χ4v) is 3.53. The Bertz CT molecular complexity index is 412. The van der Waals surface area contributed by atoms with Crippen LogP contribution in [0, 0.1) is 35.5 Å². The molecule has 130 valence electrons. The van der Waals surface area contributed by atoms with Crippen LogP contribution in [0.4, 0.5) is 0 Å². The standard InChI is InChI=1S/C19H30O4/c1-12(2)10-22-18(20)16-14-6-5-7-15(9-8-14)17(16)19(21)23-11-13(3)4/h8-9,12-17H,5-7,10-11H2,1-4H3. The lowest BCUT2D eigenvalue weighted by Gasteiger charge is -2.34. The monoisotopic (exact) mass is 322 g/mol. The Morgan fingerprint density at radius 1 is 0.870 bits per heavy atom. The van der Waals surface area contributed by atoms with Crippen LogP contribution in [0.1, 0.15) is 47.0 Å². The molecule has 0 radical (unpaired) electrons. The van der Waals surface area contributed by atoms with E-state index in [0.717, 1.165) is 19.3 Å². The number of carbonyl (C=O) groups excluding carboxylic acids is 2. The second-order valence-electron chi connectivity index (χ2n) is 7.74. The lowest BCUT2D eigenvalue weighted by molar-refractivity contribution is -0.165. The Labute approximate surface area is 139 Å². The third-order valence-electron chi connectivity index (χ3n) is 4.65. The van der Waals surface area contributed by atoms with Crippen molar-refractivity contribution in [3.05, 3.63) is 12.2 Å². The van der Waals surface area contributed by atoms with Crippen LogP contribution >= 0.6 is 0 Å².